The maximum Gasteiger partial charge on any atom is 0.281 e. The average molecular weight is 379 g/mol. The molecule has 0 atom stereocenters. The van der Waals surface area contributed by atoms with Crippen molar-refractivity contribution in [2.45, 2.75) is 38.5 Å². The van der Waals surface area contributed by atoms with Gasteiger partial charge in [-0.3, -0.25) is 9.89 Å². The number of amides is 1. The summed E-state index contributed by atoms with van der Waals surface area (Å²) in [6.45, 7) is 0. The van der Waals surface area contributed by atoms with Crippen molar-refractivity contribution < 1.29 is 9.53 Å². The second-order valence-corrected chi connectivity index (χ2v) is 7.27. The number of nitrogens with zero attached hydrogens (tertiary/aromatic N) is 3. The van der Waals surface area contributed by atoms with Crippen LogP contribution in [-0.2, 0) is 6.42 Å². The number of para-hydroxylation sites is 1. The van der Waals surface area contributed by atoms with Crippen LogP contribution in [0.25, 0.3) is 5.69 Å². The summed E-state index contributed by atoms with van der Waals surface area (Å²) >= 11 is 0. The standard InChI is InChI=1S/C21H25N5O2/c1-28-18-14-26(17-10-6-3-7-11-17)25-20(18)21(27)22-19-13-16(23-24-19)12-15-8-4-2-5-9-15/h3,6-7,10-11,13-15H,2,4-5,8-9,12H2,1H3,(H2,22,23,24,27). The first-order valence-corrected chi connectivity index (χ1v) is 9.77. The van der Waals surface area contributed by atoms with Gasteiger partial charge >= 0.3 is 0 Å². The van der Waals surface area contributed by atoms with Crippen LogP contribution in [0.15, 0.2) is 42.6 Å². The molecule has 0 aliphatic heterocycles. The van der Waals surface area contributed by atoms with E-state index in [9.17, 15) is 4.79 Å². The monoisotopic (exact) mass is 379 g/mol. The molecule has 1 aliphatic rings. The normalized spacial score (nSPS) is 14.8. The fourth-order valence-corrected chi connectivity index (χ4v) is 3.79. The number of ether oxygens (including phenoxy) is 1. The van der Waals surface area contributed by atoms with Crippen molar-refractivity contribution >= 4 is 11.7 Å². The van der Waals surface area contributed by atoms with Crippen LogP contribution in [0.3, 0.4) is 0 Å². The van der Waals surface area contributed by atoms with Crippen molar-refractivity contribution in [2.75, 3.05) is 12.4 Å². The summed E-state index contributed by atoms with van der Waals surface area (Å²) < 4.78 is 6.97. The van der Waals surface area contributed by atoms with Crippen LogP contribution in [-0.4, -0.2) is 33.0 Å². The quantitative estimate of drug-likeness (QED) is 0.678. The Morgan fingerprint density at radius 1 is 1.25 bits per heavy atom. The van der Waals surface area contributed by atoms with Crippen LogP contribution in [0, 0.1) is 5.92 Å². The maximum absolute atomic E-state index is 12.7. The molecule has 7 heteroatoms. The van der Waals surface area contributed by atoms with Gasteiger partial charge in [-0.1, -0.05) is 50.3 Å². The highest BCUT2D eigenvalue weighted by molar-refractivity contribution is 6.04. The zero-order valence-corrected chi connectivity index (χ0v) is 16.0. The van der Waals surface area contributed by atoms with Crippen LogP contribution in [0.2, 0.25) is 0 Å². The molecular formula is C21H25N5O2. The molecule has 2 heterocycles. The molecule has 1 fully saturated rings. The largest absolute Gasteiger partial charge is 0.493 e. The van der Waals surface area contributed by atoms with Crippen LogP contribution in [0.1, 0.15) is 48.3 Å². The maximum atomic E-state index is 12.7. The molecule has 0 bridgehead atoms. The van der Waals surface area contributed by atoms with E-state index in [1.807, 2.05) is 36.4 Å². The number of aromatic amines is 1. The fraction of sp³-hybridized carbons (Fsp3) is 0.381. The molecule has 146 valence electrons. The van der Waals surface area contributed by atoms with Crippen LogP contribution < -0.4 is 10.1 Å². The molecule has 0 radical (unpaired) electrons. The molecule has 0 unspecified atom stereocenters. The number of carbonyl (C=O) groups excluding carboxylic acids is 1. The van der Waals surface area contributed by atoms with Crippen LogP contribution in [0.4, 0.5) is 5.82 Å². The van der Waals surface area contributed by atoms with E-state index in [0.717, 1.165) is 17.8 Å². The summed E-state index contributed by atoms with van der Waals surface area (Å²) in [6.07, 6.45) is 9.19. The SMILES string of the molecule is COc1cn(-c2ccccc2)nc1C(=O)Nc1cc(CC2CCCCC2)[nH]n1. The third-order valence-electron chi connectivity index (χ3n) is 5.24. The van der Waals surface area contributed by atoms with Crippen LogP contribution in [0.5, 0.6) is 5.75 Å². The van der Waals surface area contributed by atoms with E-state index in [0.29, 0.717) is 17.5 Å². The Morgan fingerprint density at radius 2 is 2.04 bits per heavy atom. The van der Waals surface area contributed by atoms with E-state index in [2.05, 4.69) is 20.6 Å². The lowest BCUT2D eigenvalue weighted by Gasteiger charge is -2.20. The van der Waals surface area contributed by atoms with Gasteiger partial charge in [0, 0.05) is 11.8 Å². The van der Waals surface area contributed by atoms with E-state index in [-0.39, 0.29) is 11.6 Å². The first kappa shape index (κ1) is 18.3. The van der Waals surface area contributed by atoms with Gasteiger partial charge in [-0.25, -0.2) is 4.68 Å². The topological polar surface area (TPSA) is 84.8 Å². The van der Waals surface area contributed by atoms with E-state index in [1.165, 1.54) is 39.2 Å². The molecule has 3 aromatic rings. The fourth-order valence-electron chi connectivity index (χ4n) is 3.79. The second kappa shape index (κ2) is 8.29. The Kier molecular flexibility index (Phi) is 5.41. The van der Waals surface area contributed by atoms with Gasteiger partial charge in [-0.15, -0.1) is 0 Å². The third kappa shape index (κ3) is 4.08. The van der Waals surface area contributed by atoms with Gasteiger partial charge < -0.3 is 10.1 Å². The number of carbonyl (C=O) groups is 1. The molecule has 0 saturated heterocycles. The van der Waals surface area contributed by atoms with Gasteiger partial charge in [0.25, 0.3) is 5.91 Å². The van der Waals surface area contributed by atoms with Gasteiger partial charge in [-0.05, 0) is 24.5 Å². The first-order chi connectivity index (χ1) is 13.7. The first-order valence-electron chi connectivity index (χ1n) is 9.77. The molecule has 4 rings (SSSR count). The van der Waals surface area contributed by atoms with Crippen molar-refractivity contribution in [1.82, 2.24) is 20.0 Å². The van der Waals surface area contributed by atoms with Crippen molar-refractivity contribution in [3.8, 4) is 11.4 Å². The summed E-state index contributed by atoms with van der Waals surface area (Å²) in [4.78, 5) is 12.7. The van der Waals surface area contributed by atoms with Gasteiger partial charge in [-0.2, -0.15) is 10.2 Å². The summed E-state index contributed by atoms with van der Waals surface area (Å²) in [6, 6.07) is 11.5. The number of aromatic nitrogens is 4. The number of anilines is 1. The van der Waals surface area contributed by atoms with E-state index in [1.54, 1.807) is 10.9 Å². The van der Waals surface area contributed by atoms with Gasteiger partial charge in [0.2, 0.25) is 0 Å². The Bertz CT molecular complexity index is 925. The molecule has 1 aromatic carbocycles. The van der Waals surface area contributed by atoms with E-state index < -0.39 is 0 Å². The lowest BCUT2D eigenvalue weighted by Crippen LogP contribution is -2.14. The van der Waals surface area contributed by atoms with Crippen molar-refractivity contribution in [3.05, 3.63) is 54.0 Å². The van der Waals surface area contributed by atoms with Crippen molar-refractivity contribution in [3.63, 3.8) is 0 Å². The van der Waals surface area contributed by atoms with Crippen molar-refractivity contribution in [1.29, 1.82) is 0 Å². The highest BCUT2D eigenvalue weighted by atomic mass is 16.5. The molecule has 1 saturated carbocycles. The summed E-state index contributed by atoms with van der Waals surface area (Å²) in [5.74, 6) is 1.29. The van der Waals surface area contributed by atoms with Crippen LogP contribution >= 0.6 is 0 Å². The molecule has 2 N–H and O–H groups in total. The lowest BCUT2D eigenvalue weighted by atomic mass is 9.86. The Hall–Kier alpha value is -3.09. The summed E-state index contributed by atoms with van der Waals surface area (Å²) in [5.41, 5.74) is 2.14. The summed E-state index contributed by atoms with van der Waals surface area (Å²) in [7, 11) is 1.53. The predicted octanol–water partition coefficient (Wildman–Crippen LogP) is 3.98. The average Bonchev–Trinajstić information content (AvgIpc) is 3.36. The van der Waals surface area contributed by atoms with Crippen molar-refractivity contribution in [2.24, 2.45) is 5.92 Å². The number of hydrogen-bond acceptors (Lipinski definition) is 4. The zero-order valence-electron chi connectivity index (χ0n) is 16.0. The number of benzene rings is 1. The number of methoxy groups -OCH3 is 1. The van der Waals surface area contributed by atoms with Gasteiger partial charge in [0.15, 0.2) is 17.3 Å². The Labute approximate surface area is 164 Å². The minimum Gasteiger partial charge on any atom is -0.493 e. The second-order valence-electron chi connectivity index (χ2n) is 7.27. The highest BCUT2D eigenvalue weighted by Gasteiger charge is 2.20. The molecule has 2 aromatic heterocycles. The lowest BCUT2D eigenvalue weighted by molar-refractivity contribution is 0.101. The van der Waals surface area contributed by atoms with Gasteiger partial charge in [0.1, 0.15) is 0 Å². The summed E-state index contributed by atoms with van der Waals surface area (Å²) in [5, 5.41) is 14.5. The Morgan fingerprint density at radius 3 is 2.79 bits per heavy atom. The smallest absolute Gasteiger partial charge is 0.281 e. The molecule has 0 spiro atoms. The minimum absolute atomic E-state index is 0.225. The zero-order chi connectivity index (χ0) is 19.3. The molecule has 1 amide bonds. The molecule has 28 heavy (non-hydrogen) atoms. The molecule has 1 aliphatic carbocycles. The minimum atomic E-state index is -0.345. The number of hydrogen-bond donors (Lipinski definition) is 2. The van der Waals surface area contributed by atoms with E-state index in [4.69, 9.17) is 4.74 Å². The number of rotatable bonds is 6. The third-order valence-corrected chi connectivity index (χ3v) is 5.24. The highest BCUT2D eigenvalue weighted by Crippen LogP contribution is 2.27. The van der Waals surface area contributed by atoms with E-state index >= 15 is 0 Å². The van der Waals surface area contributed by atoms with Gasteiger partial charge in [0.05, 0.1) is 19.0 Å². The molecular weight excluding hydrogens is 354 g/mol. The number of nitrogens with one attached hydrogen (secondary N) is 2. The number of H-pyrrole nitrogens is 1. The molecule has 7 nitrogen and oxygen atoms in total. The Balaban J connectivity index is 1.45. The predicted molar refractivity (Wildman–Crippen MR) is 107 cm³/mol.